The summed E-state index contributed by atoms with van der Waals surface area (Å²) in [6, 6.07) is 12.8. The second kappa shape index (κ2) is 13.2. The number of aliphatic hydroxyl groups is 1. The number of rotatable bonds is 8. The standard InChI is InChI=1S/C41H46N2O9/c1-8-21(2)37(47)52-34-22(3)19-40-23(4)17-29-32(39(29,6)7)28(33(40)45)18-25(35(41(34,40)49)51-24(5)44)20-50-38(48)27-14-10-12-16-31(27)43-36(46)26-13-9-11-15-30(26)42/h8-16,18-19,23,28-29,32,34-35,49H,17,20,42H2,1-7H3,(H,43,46)/b21-8-/t23-,28-,29-,32+,34+,35-,40+,41-/m1/s1. The van der Waals surface area contributed by atoms with E-state index in [0.717, 1.165) is 0 Å². The Morgan fingerprint density at radius 2 is 1.65 bits per heavy atom. The van der Waals surface area contributed by atoms with E-state index in [1.54, 1.807) is 81.5 Å². The Morgan fingerprint density at radius 3 is 2.31 bits per heavy atom. The minimum absolute atomic E-state index is 0.0365. The van der Waals surface area contributed by atoms with Gasteiger partial charge in [-0.25, -0.2) is 9.59 Å². The first-order valence-corrected chi connectivity index (χ1v) is 17.6. The van der Waals surface area contributed by atoms with Gasteiger partial charge >= 0.3 is 17.9 Å². The molecular weight excluding hydrogens is 664 g/mol. The van der Waals surface area contributed by atoms with Gasteiger partial charge in [-0.05, 0) is 80.2 Å². The molecule has 8 atom stereocenters. The Morgan fingerprint density at radius 1 is 1.00 bits per heavy atom. The third-order valence-corrected chi connectivity index (χ3v) is 11.9. The van der Waals surface area contributed by atoms with Gasteiger partial charge < -0.3 is 30.4 Å². The number of esters is 3. The van der Waals surface area contributed by atoms with Gasteiger partial charge in [0.15, 0.2) is 23.6 Å². The molecule has 52 heavy (non-hydrogen) atoms. The number of Topliss-reactive ketones (excluding diaryl/α,β-unsaturated/α-hetero) is 1. The Hall–Kier alpha value is -5.03. The van der Waals surface area contributed by atoms with E-state index in [1.165, 1.54) is 13.0 Å². The number of carbonyl (C=O) groups is 5. The van der Waals surface area contributed by atoms with E-state index in [-0.39, 0.29) is 51.1 Å². The number of carbonyl (C=O) groups excluding carboxylic acids is 5. The Bertz CT molecular complexity index is 1960. The largest absolute Gasteiger partial charge is 0.457 e. The summed E-state index contributed by atoms with van der Waals surface area (Å²) in [4.78, 5) is 68.2. The van der Waals surface area contributed by atoms with Crippen LogP contribution in [-0.2, 0) is 28.6 Å². The van der Waals surface area contributed by atoms with E-state index in [1.807, 2.05) is 6.92 Å². The molecular formula is C41H46N2O9. The first-order chi connectivity index (χ1) is 24.5. The predicted octanol–water partition coefficient (Wildman–Crippen LogP) is 5.60. The minimum atomic E-state index is -2.28. The summed E-state index contributed by atoms with van der Waals surface area (Å²) in [5.74, 6) is -4.14. The van der Waals surface area contributed by atoms with Crippen LogP contribution >= 0.6 is 0 Å². The number of ketones is 1. The average Bonchev–Trinajstić information content (AvgIpc) is 3.59. The molecule has 0 heterocycles. The molecule has 2 aromatic rings. The number of nitrogens with one attached hydrogen (secondary N) is 1. The molecule has 0 aromatic heterocycles. The molecule has 11 heteroatoms. The van der Waals surface area contributed by atoms with E-state index in [4.69, 9.17) is 19.9 Å². The number of para-hydroxylation sites is 2. The zero-order chi connectivity index (χ0) is 37.9. The van der Waals surface area contributed by atoms with Crippen LogP contribution in [-0.4, -0.2) is 59.1 Å². The van der Waals surface area contributed by atoms with Crippen LogP contribution in [0, 0.1) is 34.5 Å². The summed E-state index contributed by atoms with van der Waals surface area (Å²) in [6.45, 7) is 11.8. The Labute approximate surface area is 303 Å². The molecule has 0 radical (unpaired) electrons. The molecule has 0 saturated heterocycles. The Balaban J connectivity index is 1.41. The number of hydrogen-bond donors (Lipinski definition) is 3. The molecule has 4 aliphatic carbocycles. The van der Waals surface area contributed by atoms with Gasteiger partial charge in [-0.15, -0.1) is 0 Å². The third-order valence-electron chi connectivity index (χ3n) is 11.9. The smallest absolute Gasteiger partial charge is 0.340 e. The quantitative estimate of drug-likeness (QED) is 0.103. The maximum Gasteiger partial charge on any atom is 0.340 e. The fourth-order valence-electron chi connectivity index (χ4n) is 9.10. The molecule has 11 nitrogen and oxygen atoms in total. The van der Waals surface area contributed by atoms with E-state index in [0.29, 0.717) is 17.6 Å². The van der Waals surface area contributed by atoms with Gasteiger partial charge in [0.25, 0.3) is 5.91 Å². The van der Waals surface area contributed by atoms with E-state index in [2.05, 4.69) is 19.2 Å². The van der Waals surface area contributed by atoms with E-state index in [9.17, 15) is 24.3 Å². The molecule has 274 valence electrons. The SMILES string of the molecule is C/C=C(/C)C(=O)O[C@H]1C(C)=C[C@]23C(=O)[C@H](C=C(COC(=O)c4ccccc4NC(=O)c4ccccc4N)[C@@H](OC(C)=O)[C@]12O)[C@H]1[C@@H](C[C@H]3C)C1(C)C. The van der Waals surface area contributed by atoms with E-state index < -0.39 is 65.5 Å². The highest BCUT2D eigenvalue weighted by Crippen LogP contribution is 2.72. The predicted molar refractivity (Wildman–Crippen MR) is 193 cm³/mol. The lowest BCUT2D eigenvalue weighted by Crippen LogP contribution is -2.66. The lowest BCUT2D eigenvalue weighted by atomic mass is 9.59. The van der Waals surface area contributed by atoms with Crippen molar-refractivity contribution in [2.45, 2.75) is 72.7 Å². The fraction of sp³-hybridized carbons (Fsp3) is 0.439. The molecule has 1 amide bonds. The van der Waals surface area contributed by atoms with Crippen molar-refractivity contribution < 1.29 is 43.3 Å². The van der Waals surface area contributed by atoms with Gasteiger partial charge in [-0.3, -0.25) is 14.4 Å². The number of hydrogen-bond acceptors (Lipinski definition) is 10. The minimum Gasteiger partial charge on any atom is -0.457 e. The van der Waals surface area contributed by atoms with Crippen LogP contribution in [0.5, 0.6) is 0 Å². The van der Waals surface area contributed by atoms with Gasteiger partial charge in [0.2, 0.25) is 0 Å². The highest BCUT2D eigenvalue weighted by Gasteiger charge is 2.77. The van der Waals surface area contributed by atoms with Crippen LogP contribution in [0.4, 0.5) is 11.4 Å². The van der Waals surface area contributed by atoms with Crippen molar-refractivity contribution in [3.8, 4) is 0 Å². The van der Waals surface area contributed by atoms with Gasteiger partial charge in [-0.1, -0.05) is 63.3 Å². The highest BCUT2D eigenvalue weighted by molar-refractivity contribution is 6.10. The molecule has 1 spiro atoms. The van der Waals surface area contributed by atoms with Crippen molar-refractivity contribution in [3.63, 3.8) is 0 Å². The summed E-state index contributed by atoms with van der Waals surface area (Å²) < 4.78 is 17.8. The summed E-state index contributed by atoms with van der Waals surface area (Å²) in [7, 11) is 0. The van der Waals surface area contributed by atoms with Crippen molar-refractivity contribution in [2.75, 3.05) is 17.7 Å². The van der Waals surface area contributed by atoms with Gasteiger partial charge in [0, 0.05) is 29.7 Å². The van der Waals surface area contributed by atoms with Crippen LogP contribution < -0.4 is 11.1 Å². The third kappa shape index (κ3) is 5.66. The van der Waals surface area contributed by atoms with Crippen molar-refractivity contribution in [2.24, 2.45) is 34.5 Å². The molecule has 2 bridgehead atoms. The first kappa shape index (κ1) is 36.8. The number of amides is 1. The summed E-state index contributed by atoms with van der Waals surface area (Å²) in [5.41, 5.74) is 3.55. The Kier molecular flexibility index (Phi) is 9.32. The van der Waals surface area contributed by atoms with Crippen LogP contribution in [0.3, 0.4) is 0 Å². The molecule has 0 unspecified atom stereocenters. The lowest BCUT2D eigenvalue weighted by Gasteiger charge is -2.49. The normalized spacial score (nSPS) is 31.4. The number of fused-ring (bicyclic) bond motifs is 3. The zero-order valence-corrected chi connectivity index (χ0v) is 30.5. The summed E-state index contributed by atoms with van der Waals surface area (Å²) in [5, 5.41) is 16.0. The zero-order valence-electron chi connectivity index (χ0n) is 30.5. The maximum absolute atomic E-state index is 15.1. The fourth-order valence-corrected chi connectivity index (χ4v) is 9.10. The van der Waals surface area contributed by atoms with Crippen LogP contribution in [0.25, 0.3) is 0 Å². The molecule has 4 aliphatic rings. The number of anilines is 2. The topological polar surface area (TPSA) is 171 Å². The molecule has 2 aromatic carbocycles. The van der Waals surface area contributed by atoms with Crippen LogP contribution in [0.2, 0.25) is 0 Å². The van der Waals surface area contributed by atoms with Gasteiger partial charge in [0.05, 0.1) is 22.2 Å². The highest BCUT2D eigenvalue weighted by atomic mass is 16.6. The first-order valence-electron chi connectivity index (χ1n) is 17.6. The molecule has 4 N–H and O–H groups in total. The van der Waals surface area contributed by atoms with Crippen molar-refractivity contribution >= 4 is 41.0 Å². The lowest BCUT2D eigenvalue weighted by molar-refractivity contribution is -0.210. The van der Waals surface area contributed by atoms with Crippen molar-refractivity contribution in [3.05, 3.63) is 94.6 Å². The maximum atomic E-state index is 15.1. The van der Waals surface area contributed by atoms with Crippen LogP contribution in [0.1, 0.15) is 75.6 Å². The molecule has 2 saturated carbocycles. The number of nitrogens with two attached hydrogens (primary N) is 1. The molecule has 6 rings (SSSR count). The monoisotopic (exact) mass is 710 g/mol. The second-order valence-corrected chi connectivity index (χ2v) is 15.2. The van der Waals surface area contributed by atoms with E-state index >= 15 is 4.79 Å². The molecule has 0 aliphatic heterocycles. The second-order valence-electron chi connectivity index (χ2n) is 15.2. The van der Waals surface area contributed by atoms with Crippen molar-refractivity contribution in [1.82, 2.24) is 0 Å². The average molecular weight is 711 g/mol. The number of allylic oxidation sites excluding steroid dienone is 2. The summed E-state index contributed by atoms with van der Waals surface area (Å²) in [6.07, 6.45) is 2.69. The molecule has 2 fully saturated rings. The van der Waals surface area contributed by atoms with Crippen molar-refractivity contribution in [1.29, 1.82) is 0 Å². The number of nitrogen functional groups attached to an aromatic ring is 1. The van der Waals surface area contributed by atoms with Gasteiger partial charge in [0.1, 0.15) is 6.61 Å². The number of ether oxygens (including phenoxy) is 3. The number of benzene rings is 2. The van der Waals surface area contributed by atoms with Gasteiger partial charge in [-0.2, -0.15) is 0 Å². The summed E-state index contributed by atoms with van der Waals surface area (Å²) >= 11 is 0. The van der Waals surface area contributed by atoms with Crippen LogP contribution in [0.15, 0.2) is 83.5 Å².